The largest absolute Gasteiger partial charge is 0.361 e. The van der Waals surface area contributed by atoms with Crippen LogP contribution in [-0.2, 0) is 22.6 Å². The van der Waals surface area contributed by atoms with Crippen LogP contribution in [0.25, 0.3) is 10.9 Å². The zero-order valence-electron chi connectivity index (χ0n) is 20.6. The minimum atomic E-state index is -0.410. The Labute approximate surface area is 202 Å². The van der Waals surface area contributed by atoms with E-state index in [-0.39, 0.29) is 5.91 Å². The second-order valence-corrected chi connectivity index (χ2v) is 9.64. The van der Waals surface area contributed by atoms with Crippen molar-refractivity contribution in [2.24, 2.45) is 0 Å². The molecule has 2 N–H and O–H groups in total. The first kappa shape index (κ1) is 25.5. The summed E-state index contributed by atoms with van der Waals surface area (Å²) in [6.45, 7) is 8.53. The van der Waals surface area contributed by atoms with Crippen LogP contribution in [0.3, 0.4) is 0 Å². The molecular formula is C27H36N4O3. The molecule has 3 rings (SSSR count). The SMILES string of the molecule is CN(CCCc1ccc(CN(C=O)OC(C)(C)C)cc1)CCNC(=O)c1ccc2cc[nH]c2c1. The van der Waals surface area contributed by atoms with Gasteiger partial charge < -0.3 is 15.2 Å². The van der Waals surface area contributed by atoms with Gasteiger partial charge in [-0.05, 0) is 81.9 Å². The number of aryl methyl sites for hydroxylation is 1. The summed E-state index contributed by atoms with van der Waals surface area (Å²) in [5, 5.41) is 5.44. The van der Waals surface area contributed by atoms with Crippen molar-refractivity contribution >= 4 is 23.2 Å². The first-order valence-corrected chi connectivity index (χ1v) is 11.8. The van der Waals surface area contributed by atoms with Crippen molar-refractivity contribution in [1.82, 2.24) is 20.3 Å². The second kappa shape index (κ2) is 11.8. The van der Waals surface area contributed by atoms with E-state index >= 15 is 0 Å². The number of rotatable bonds is 12. The third-order valence-corrected chi connectivity index (χ3v) is 5.47. The number of hydroxylamine groups is 2. The van der Waals surface area contributed by atoms with Crippen LogP contribution in [0.15, 0.2) is 54.7 Å². The molecule has 0 aliphatic rings. The molecule has 0 fully saturated rings. The maximum atomic E-state index is 12.4. The molecule has 0 spiro atoms. The van der Waals surface area contributed by atoms with Crippen molar-refractivity contribution in [3.63, 3.8) is 0 Å². The van der Waals surface area contributed by atoms with Gasteiger partial charge in [0.2, 0.25) is 6.41 Å². The summed E-state index contributed by atoms with van der Waals surface area (Å²) < 4.78 is 0. The second-order valence-electron chi connectivity index (χ2n) is 9.64. The molecule has 0 bridgehead atoms. The Kier molecular flexibility index (Phi) is 8.85. The minimum Gasteiger partial charge on any atom is -0.361 e. The molecule has 0 saturated heterocycles. The van der Waals surface area contributed by atoms with Crippen molar-refractivity contribution in [3.8, 4) is 0 Å². The molecule has 0 atom stereocenters. The maximum absolute atomic E-state index is 12.4. The van der Waals surface area contributed by atoms with Gasteiger partial charge in [-0.15, -0.1) is 0 Å². The third kappa shape index (κ3) is 8.01. The summed E-state index contributed by atoms with van der Waals surface area (Å²) in [5.41, 5.74) is 3.52. The Hall–Kier alpha value is -3.16. The zero-order chi connectivity index (χ0) is 24.6. The van der Waals surface area contributed by atoms with Gasteiger partial charge in [-0.1, -0.05) is 30.3 Å². The summed E-state index contributed by atoms with van der Waals surface area (Å²) in [5.74, 6) is -0.0500. The van der Waals surface area contributed by atoms with Gasteiger partial charge in [-0.25, -0.2) is 5.06 Å². The fraction of sp³-hybridized carbons (Fsp3) is 0.407. The van der Waals surface area contributed by atoms with Crippen LogP contribution in [0, 0.1) is 0 Å². The number of aromatic amines is 1. The molecule has 1 heterocycles. The van der Waals surface area contributed by atoms with E-state index in [1.807, 2.05) is 63.4 Å². The maximum Gasteiger partial charge on any atom is 0.251 e. The van der Waals surface area contributed by atoms with Crippen molar-refractivity contribution in [1.29, 1.82) is 0 Å². The molecule has 2 aromatic carbocycles. The number of hydrogen-bond donors (Lipinski definition) is 2. The molecule has 0 aliphatic heterocycles. The molecule has 34 heavy (non-hydrogen) atoms. The monoisotopic (exact) mass is 464 g/mol. The summed E-state index contributed by atoms with van der Waals surface area (Å²) >= 11 is 0. The highest BCUT2D eigenvalue weighted by Gasteiger charge is 2.16. The lowest BCUT2D eigenvalue weighted by Crippen LogP contribution is -2.33. The van der Waals surface area contributed by atoms with Gasteiger partial charge >= 0.3 is 0 Å². The van der Waals surface area contributed by atoms with E-state index < -0.39 is 5.60 Å². The lowest BCUT2D eigenvalue weighted by Gasteiger charge is -2.26. The zero-order valence-corrected chi connectivity index (χ0v) is 20.6. The number of amides is 2. The van der Waals surface area contributed by atoms with E-state index in [1.165, 1.54) is 10.6 Å². The fourth-order valence-corrected chi connectivity index (χ4v) is 3.75. The van der Waals surface area contributed by atoms with Crippen LogP contribution in [0.5, 0.6) is 0 Å². The topological polar surface area (TPSA) is 77.7 Å². The van der Waals surface area contributed by atoms with Crippen LogP contribution in [0.2, 0.25) is 0 Å². The van der Waals surface area contributed by atoms with Crippen LogP contribution in [-0.4, -0.2) is 59.5 Å². The van der Waals surface area contributed by atoms with Gasteiger partial charge in [0, 0.05) is 30.4 Å². The van der Waals surface area contributed by atoms with Crippen LogP contribution < -0.4 is 5.32 Å². The third-order valence-electron chi connectivity index (χ3n) is 5.47. The Morgan fingerprint density at radius 2 is 1.79 bits per heavy atom. The number of nitrogens with one attached hydrogen (secondary N) is 2. The highest BCUT2D eigenvalue weighted by molar-refractivity contribution is 5.97. The summed E-state index contributed by atoms with van der Waals surface area (Å²) in [6.07, 6.45) is 4.60. The normalized spacial score (nSPS) is 11.7. The average Bonchev–Trinajstić information content (AvgIpc) is 3.26. The number of benzene rings is 2. The van der Waals surface area contributed by atoms with Gasteiger partial charge in [0.25, 0.3) is 5.91 Å². The van der Waals surface area contributed by atoms with Crippen molar-refractivity contribution in [2.45, 2.75) is 45.8 Å². The predicted molar refractivity (Wildman–Crippen MR) is 135 cm³/mol. The van der Waals surface area contributed by atoms with Gasteiger partial charge in [-0.2, -0.15) is 0 Å². The lowest BCUT2D eigenvalue weighted by atomic mass is 10.1. The Bertz CT molecular complexity index is 1070. The molecule has 0 aliphatic carbocycles. The predicted octanol–water partition coefficient (Wildman–Crippen LogP) is 4.15. The van der Waals surface area contributed by atoms with E-state index in [0.29, 0.717) is 18.7 Å². The van der Waals surface area contributed by atoms with Gasteiger partial charge in [0.15, 0.2) is 0 Å². The highest BCUT2D eigenvalue weighted by atomic mass is 16.7. The summed E-state index contributed by atoms with van der Waals surface area (Å²) in [6, 6.07) is 16.0. The highest BCUT2D eigenvalue weighted by Crippen LogP contribution is 2.15. The van der Waals surface area contributed by atoms with Gasteiger partial charge in [0.05, 0.1) is 12.1 Å². The molecule has 0 unspecified atom stereocenters. The van der Waals surface area contributed by atoms with Crippen molar-refractivity contribution < 1.29 is 14.4 Å². The van der Waals surface area contributed by atoms with Crippen LogP contribution >= 0.6 is 0 Å². The standard InChI is InChI=1S/C27H36N4O3/c1-27(2,3)34-31(20-32)19-22-9-7-21(8-10-22)6-5-16-30(4)17-15-29-26(33)24-12-11-23-13-14-28-25(23)18-24/h7-14,18,20,28H,5-6,15-17,19H2,1-4H3,(H,29,33). The van der Waals surface area contributed by atoms with Crippen molar-refractivity contribution in [3.05, 3.63) is 71.4 Å². The van der Waals surface area contributed by atoms with E-state index in [2.05, 4.69) is 34.4 Å². The molecule has 3 aromatic rings. The molecule has 1 aromatic heterocycles. The quantitative estimate of drug-likeness (QED) is 0.312. The lowest BCUT2D eigenvalue weighted by molar-refractivity contribution is -0.220. The molecule has 0 saturated carbocycles. The number of likely N-dealkylation sites (N-methyl/N-ethyl adjacent to an activating group) is 1. The molecule has 182 valence electrons. The number of H-pyrrole nitrogens is 1. The first-order chi connectivity index (χ1) is 16.2. The first-order valence-electron chi connectivity index (χ1n) is 11.8. The number of carbonyl (C=O) groups excluding carboxylic acids is 2. The van der Waals surface area contributed by atoms with Crippen LogP contribution in [0.1, 0.15) is 48.7 Å². The van der Waals surface area contributed by atoms with E-state index in [4.69, 9.17) is 4.84 Å². The van der Waals surface area contributed by atoms with Gasteiger partial charge in [0.1, 0.15) is 0 Å². The van der Waals surface area contributed by atoms with E-state index in [9.17, 15) is 9.59 Å². The number of aromatic nitrogens is 1. The van der Waals surface area contributed by atoms with E-state index in [1.54, 1.807) is 0 Å². The fourth-order valence-electron chi connectivity index (χ4n) is 3.75. The number of hydrogen-bond acceptors (Lipinski definition) is 4. The molecule has 7 nitrogen and oxygen atoms in total. The average molecular weight is 465 g/mol. The smallest absolute Gasteiger partial charge is 0.251 e. The molecular weight excluding hydrogens is 428 g/mol. The van der Waals surface area contributed by atoms with Crippen LogP contribution in [0.4, 0.5) is 0 Å². The minimum absolute atomic E-state index is 0.0500. The summed E-state index contributed by atoms with van der Waals surface area (Å²) in [7, 11) is 2.07. The molecule has 2 amide bonds. The Morgan fingerprint density at radius 3 is 2.50 bits per heavy atom. The number of nitrogens with zero attached hydrogens (tertiary/aromatic N) is 2. The molecule has 0 radical (unpaired) electrons. The Morgan fingerprint density at radius 1 is 1.06 bits per heavy atom. The van der Waals surface area contributed by atoms with Gasteiger partial charge in [-0.3, -0.25) is 14.4 Å². The number of carbonyl (C=O) groups is 2. The molecule has 7 heteroatoms. The Balaban J connectivity index is 1.34. The number of fused-ring (bicyclic) bond motifs is 1. The summed E-state index contributed by atoms with van der Waals surface area (Å²) in [4.78, 5) is 34.7. The van der Waals surface area contributed by atoms with Crippen molar-refractivity contribution in [2.75, 3.05) is 26.7 Å². The van der Waals surface area contributed by atoms with E-state index in [0.717, 1.165) is 48.8 Å².